The Morgan fingerprint density at radius 3 is 3.07 bits per heavy atom. The minimum absolute atomic E-state index is 0. The summed E-state index contributed by atoms with van der Waals surface area (Å²) in [4.78, 5) is 14.9. The largest absolute Gasteiger partial charge is 0.481 e. The summed E-state index contributed by atoms with van der Waals surface area (Å²) >= 11 is 3.34. The van der Waals surface area contributed by atoms with Gasteiger partial charge in [0.05, 0.1) is 12.1 Å². The molecular weight excluding hydrogens is 271 g/mol. The Bertz CT molecular complexity index is 353. The molecule has 2 rings (SSSR count). The standard InChI is InChI=1S/C8H9BrN2O2.ClH/c9-6-3-10-7-2-1-5(8(12)13)4-11(6)7;/h3,5H,1-2,4H2,(H,12,13);1H. The summed E-state index contributed by atoms with van der Waals surface area (Å²) in [5, 5.41) is 8.84. The fourth-order valence-electron chi connectivity index (χ4n) is 1.60. The Kier molecular flexibility index (Phi) is 3.55. The van der Waals surface area contributed by atoms with Gasteiger partial charge in [0.15, 0.2) is 0 Å². The van der Waals surface area contributed by atoms with Gasteiger partial charge >= 0.3 is 5.97 Å². The van der Waals surface area contributed by atoms with Gasteiger partial charge in [-0.3, -0.25) is 4.79 Å². The Hall–Kier alpha value is -0.550. The predicted octanol–water partition coefficient (Wildman–Crippen LogP) is 1.71. The van der Waals surface area contributed by atoms with Gasteiger partial charge in [-0.05, 0) is 22.4 Å². The van der Waals surface area contributed by atoms with E-state index >= 15 is 0 Å². The molecule has 4 nitrogen and oxygen atoms in total. The molecule has 14 heavy (non-hydrogen) atoms. The van der Waals surface area contributed by atoms with Crippen LogP contribution in [0, 0.1) is 5.92 Å². The first-order chi connectivity index (χ1) is 6.18. The van der Waals surface area contributed by atoms with E-state index in [9.17, 15) is 4.79 Å². The summed E-state index contributed by atoms with van der Waals surface area (Å²) in [5.74, 6) is -0.00590. The SMILES string of the molecule is Cl.O=C(O)C1CCc2ncc(Br)n2C1. The van der Waals surface area contributed by atoms with E-state index in [1.54, 1.807) is 6.20 Å². The summed E-state index contributed by atoms with van der Waals surface area (Å²) in [7, 11) is 0. The Morgan fingerprint density at radius 2 is 2.43 bits per heavy atom. The van der Waals surface area contributed by atoms with Gasteiger partial charge < -0.3 is 9.67 Å². The van der Waals surface area contributed by atoms with Crippen molar-refractivity contribution in [2.24, 2.45) is 5.92 Å². The lowest BCUT2D eigenvalue weighted by molar-refractivity contribution is -0.142. The van der Waals surface area contributed by atoms with Gasteiger partial charge in [-0.15, -0.1) is 12.4 Å². The van der Waals surface area contributed by atoms with Crippen LogP contribution in [0.25, 0.3) is 0 Å². The zero-order chi connectivity index (χ0) is 9.42. The molecule has 0 spiro atoms. The Morgan fingerprint density at radius 1 is 1.71 bits per heavy atom. The van der Waals surface area contributed by atoms with Gasteiger partial charge in [0.25, 0.3) is 0 Å². The predicted molar refractivity (Wildman–Crippen MR) is 56.6 cm³/mol. The molecule has 1 aromatic heterocycles. The maximum atomic E-state index is 10.7. The monoisotopic (exact) mass is 280 g/mol. The van der Waals surface area contributed by atoms with Crippen molar-refractivity contribution in [3.63, 3.8) is 0 Å². The molecule has 6 heteroatoms. The van der Waals surface area contributed by atoms with Gasteiger partial charge in [-0.1, -0.05) is 0 Å². The molecular formula is C8H10BrClN2O2. The first-order valence-corrected chi connectivity index (χ1v) is 4.90. The molecule has 0 saturated heterocycles. The van der Waals surface area contributed by atoms with Crippen LogP contribution in [0.15, 0.2) is 10.8 Å². The number of hydrogen-bond donors (Lipinski definition) is 1. The van der Waals surface area contributed by atoms with Gasteiger partial charge in [0, 0.05) is 13.0 Å². The number of halogens is 2. The minimum atomic E-state index is -0.716. The van der Waals surface area contributed by atoms with Crippen LogP contribution in [0.3, 0.4) is 0 Å². The summed E-state index contributed by atoms with van der Waals surface area (Å²) in [5.41, 5.74) is 0. The third-order valence-corrected chi connectivity index (χ3v) is 2.99. The lowest BCUT2D eigenvalue weighted by atomic mass is 10.00. The van der Waals surface area contributed by atoms with E-state index in [0.29, 0.717) is 13.0 Å². The Labute approximate surface area is 95.9 Å². The zero-order valence-electron chi connectivity index (χ0n) is 7.31. The number of carbonyl (C=O) groups is 1. The number of carboxylic acid groups (broad SMARTS) is 1. The van der Waals surface area contributed by atoms with Crippen LogP contribution in [-0.2, 0) is 17.8 Å². The molecule has 1 N–H and O–H groups in total. The number of imidazole rings is 1. The number of aliphatic carboxylic acids is 1. The third kappa shape index (κ3) is 1.93. The van der Waals surface area contributed by atoms with E-state index < -0.39 is 5.97 Å². The second kappa shape index (κ2) is 4.31. The maximum absolute atomic E-state index is 10.7. The van der Waals surface area contributed by atoms with Crippen molar-refractivity contribution in [2.75, 3.05) is 0 Å². The molecule has 0 radical (unpaired) electrons. The topological polar surface area (TPSA) is 55.1 Å². The van der Waals surface area contributed by atoms with Gasteiger partial charge in [-0.25, -0.2) is 4.98 Å². The second-order valence-electron chi connectivity index (χ2n) is 3.18. The van der Waals surface area contributed by atoms with Crippen molar-refractivity contribution in [1.29, 1.82) is 0 Å². The van der Waals surface area contributed by atoms with E-state index in [0.717, 1.165) is 16.8 Å². The highest BCUT2D eigenvalue weighted by Crippen LogP contribution is 2.23. The van der Waals surface area contributed by atoms with Crippen LogP contribution in [0.1, 0.15) is 12.2 Å². The van der Waals surface area contributed by atoms with Crippen LogP contribution >= 0.6 is 28.3 Å². The van der Waals surface area contributed by atoms with Crippen molar-refractivity contribution < 1.29 is 9.90 Å². The van der Waals surface area contributed by atoms with Crippen molar-refractivity contribution in [3.8, 4) is 0 Å². The molecule has 78 valence electrons. The molecule has 0 fully saturated rings. The van der Waals surface area contributed by atoms with Crippen molar-refractivity contribution in [3.05, 3.63) is 16.6 Å². The smallest absolute Gasteiger partial charge is 0.308 e. The van der Waals surface area contributed by atoms with E-state index in [1.165, 1.54) is 0 Å². The molecule has 1 aliphatic rings. The number of fused-ring (bicyclic) bond motifs is 1. The average Bonchev–Trinajstić information content (AvgIpc) is 2.47. The number of aryl methyl sites for hydroxylation is 1. The zero-order valence-corrected chi connectivity index (χ0v) is 9.71. The fourth-order valence-corrected chi connectivity index (χ4v) is 2.05. The summed E-state index contributed by atoms with van der Waals surface area (Å²) in [6.45, 7) is 0.533. The van der Waals surface area contributed by atoms with E-state index in [1.807, 2.05) is 4.57 Å². The molecule has 1 atom stereocenters. The molecule has 0 aliphatic carbocycles. The quantitative estimate of drug-likeness (QED) is 0.853. The number of nitrogens with zero attached hydrogens (tertiary/aromatic N) is 2. The molecule has 0 bridgehead atoms. The normalized spacial score (nSPS) is 19.6. The molecule has 0 saturated carbocycles. The van der Waals surface area contributed by atoms with Crippen LogP contribution in [0.4, 0.5) is 0 Å². The Balaban J connectivity index is 0.000000980. The first kappa shape index (κ1) is 11.5. The summed E-state index contributed by atoms with van der Waals surface area (Å²) in [6, 6.07) is 0. The third-order valence-electron chi connectivity index (χ3n) is 2.36. The fraction of sp³-hybridized carbons (Fsp3) is 0.500. The van der Waals surface area contributed by atoms with Crippen LogP contribution in [-0.4, -0.2) is 20.6 Å². The van der Waals surface area contributed by atoms with Crippen molar-refractivity contribution >= 4 is 34.3 Å². The molecule has 1 unspecified atom stereocenters. The van der Waals surface area contributed by atoms with Gasteiger partial charge in [-0.2, -0.15) is 0 Å². The van der Waals surface area contributed by atoms with Gasteiger partial charge in [0.1, 0.15) is 10.4 Å². The molecule has 1 aromatic rings. The van der Waals surface area contributed by atoms with E-state index in [-0.39, 0.29) is 18.3 Å². The van der Waals surface area contributed by atoms with Crippen LogP contribution in [0.5, 0.6) is 0 Å². The van der Waals surface area contributed by atoms with Gasteiger partial charge in [0.2, 0.25) is 0 Å². The highest BCUT2D eigenvalue weighted by atomic mass is 79.9. The van der Waals surface area contributed by atoms with E-state index in [4.69, 9.17) is 5.11 Å². The maximum Gasteiger partial charge on any atom is 0.308 e. The van der Waals surface area contributed by atoms with E-state index in [2.05, 4.69) is 20.9 Å². The molecule has 0 aromatic carbocycles. The number of rotatable bonds is 1. The average molecular weight is 282 g/mol. The van der Waals surface area contributed by atoms with Crippen LogP contribution in [0.2, 0.25) is 0 Å². The highest BCUT2D eigenvalue weighted by Gasteiger charge is 2.25. The minimum Gasteiger partial charge on any atom is -0.481 e. The number of hydrogen-bond acceptors (Lipinski definition) is 2. The number of carboxylic acids is 1. The number of aromatic nitrogens is 2. The lowest BCUT2D eigenvalue weighted by Crippen LogP contribution is -2.26. The highest BCUT2D eigenvalue weighted by molar-refractivity contribution is 9.10. The lowest BCUT2D eigenvalue weighted by Gasteiger charge is -2.20. The van der Waals surface area contributed by atoms with Crippen LogP contribution < -0.4 is 0 Å². The summed E-state index contributed by atoms with van der Waals surface area (Å²) in [6.07, 6.45) is 3.17. The molecule has 0 amide bonds. The first-order valence-electron chi connectivity index (χ1n) is 4.11. The second-order valence-corrected chi connectivity index (χ2v) is 3.99. The summed E-state index contributed by atoms with van der Waals surface area (Å²) < 4.78 is 2.79. The van der Waals surface area contributed by atoms with Crippen molar-refractivity contribution in [2.45, 2.75) is 19.4 Å². The van der Waals surface area contributed by atoms with Crippen molar-refractivity contribution in [1.82, 2.24) is 9.55 Å². The molecule has 1 aliphatic heterocycles. The molecule has 2 heterocycles.